The number of ether oxygens (including phenoxy) is 1. The summed E-state index contributed by atoms with van der Waals surface area (Å²) in [5.41, 5.74) is 0.270. The molecule has 2 rings (SSSR count). The third-order valence-electron chi connectivity index (χ3n) is 4.39. The average Bonchev–Trinajstić information content (AvgIpc) is 2.88. The maximum absolute atomic E-state index is 13.1. The van der Waals surface area contributed by atoms with Crippen molar-refractivity contribution >= 4 is 15.9 Å². The Kier molecular flexibility index (Phi) is 6.69. The van der Waals surface area contributed by atoms with Gasteiger partial charge in [0, 0.05) is 25.2 Å². The van der Waals surface area contributed by atoms with Crippen LogP contribution in [0.5, 0.6) is 5.75 Å². The Morgan fingerprint density at radius 2 is 1.77 bits per heavy atom. The van der Waals surface area contributed by atoms with E-state index in [1.165, 1.54) is 17.5 Å². The smallest absolute Gasteiger partial charge is 0.251 e. The molecule has 6 nitrogen and oxygen atoms in total. The van der Waals surface area contributed by atoms with Crippen molar-refractivity contribution in [2.75, 3.05) is 26.7 Å². The van der Waals surface area contributed by atoms with Crippen molar-refractivity contribution in [2.24, 2.45) is 5.41 Å². The van der Waals surface area contributed by atoms with Gasteiger partial charge in [-0.2, -0.15) is 4.31 Å². The van der Waals surface area contributed by atoms with E-state index in [4.69, 9.17) is 4.74 Å². The van der Waals surface area contributed by atoms with Crippen LogP contribution in [-0.2, 0) is 10.0 Å². The lowest BCUT2D eigenvalue weighted by atomic mass is 9.97. The van der Waals surface area contributed by atoms with Crippen molar-refractivity contribution in [2.45, 2.75) is 51.3 Å². The fourth-order valence-corrected chi connectivity index (χ4v) is 4.59. The van der Waals surface area contributed by atoms with Crippen LogP contribution in [-0.4, -0.2) is 45.4 Å². The third kappa shape index (κ3) is 5.20. The third-order valence-corrected chi connectivity index (χ3v) is 6.31. The van der Waals surface area contributed by atoms with Crippen LogP contribution < -0.4 is 10.1 Å². The number of nitrogens with one attached hydrogen (secondary N) is 1. The molecular formula is C19H30N2O4S. The van der Waals surface area contributed by atoms with Gasteiger partial charge in [-0.3, -0.25) is 4.79 Å². The highest BCUT2D eigenvalue weighted by Gasteiger charge is 2.29. The number of hydrogen-bond acceptors (Lipinski definition) is 4. The zero-order valence-electron chi connectivity index (χ0n) is 16.2. The molecule has 0 unspecified atom stereocenters. The fourth-order valence-electron chi connectivity index (χ4n) is 2.89. The van der Waals surface area contributed by atoms with Gasteiger partial charge in [0.1, 0.15) is 10.6 Å². The summed E-state index contributed by atoms with van der Waals surface area (Å²) >= 11 is 0. The topological polar surface area (TPSA) is 75.7 Å². The van der Waals surface area contributed by atoms with Gasteiger partial charge >= 0.3 is 0 Å². The summed E-state index contributed by atoms with van der Waals surface area (Å²) in [4.78, 5) is 12.5. The number of carbonyl (C=O) groups is 1. The summed E-state index contributed by atoms with van der Waals surface area (Å²) in [7, 11) is -2.26. The number of hydrogen-bond donors (Lipinski definition) is 1. The first-order chi connectivity index (χ1) is 12.1. The molecule has 7 heteroatoms. The SMILES string of the molecule is COc1ccc(C(=O)NCC(C)(C)C)cc1S(=O)(=O)N1CCCCCC1. The molecule has 1 heterocycles. The van der Waals surface area contributed by atoms with Crippen molar-refractivity contribution in [3.8, 4) is 5.75 Å². The number of benzene rings is 1. The van der Waals surface area contributed by atoms with Crippen molar-refractivity contribution in [1.29, 1.82) is 0 Å². The molecule has 1 fully saturated rings. The quantitative estimate of drug-likeness (QED) is 0.849. The van der Waals surface area contributed by atoms with Crippen molar-refractivity contribution < 1.29 is 17.9 Å². The van der Waals surface area contributed by atoms with E-state index in [-0.39, 0.29) is 22.0 Å². The molecule has 0 bridgehead atoms. The number of methoxy groups -OCH3 is 1. The predicted octanol–water partition coefficient (Wildman–Crippen LogP) is 3.04. The molecule has 1 N–H and O–H groups in total. The van der Waals surface area contributed by atoms with Crippen LogP contribution in [0.15, 0.2) is 23.1 Å². The molecule has 0 aromatic heterocycles. The first-order valence-corrected chi connectivity index (χ1v) is 10.6. The molecule has 1 aliphatic heterocycles. The summed E-state index contributed by atoms with van der Waals surface area (Å²) < 4.78 is 33.0. The maximum Gasteiger partial charge on any atom is 0.251 e. The van der Waals surface area contributed by atoms with Gasteiger partial charge < -0.3 is 10.1 Å². The number of nitrogens with zero attached hydrogens (tertiary/aromatic N) is 1. The Balaban J connectivity index is 2.32. The lowest BCUT2D eigenvalue weighted by Gasteiger charge is -2.22. The Hall–Kier alpha value is -1.60. The van der Waals surface area contributed by atoms with E-state index in [0.717, 1.165) is 25.7 Å². The molecule has 0 saturated carbocycles. The summed E-state index contributed by atoms with van der Waals surface area (Å²) in [5, 5.41) is 2.86. The van der Waals surface area contributed by atoms with Crippen molar-refractivity contribution in [3.05, 3.63) is 23.8 Å². The highest BCUT2D eigenvalue weighted by Crippen LogP contribution is 2.29. The van der Waals surface area contributed by atoms with Crippen molar-refractivity contribution in [1.82, 2.24) is 9.62 Å². The van der Waals surface area contributed by atoms with E-state index in [9.17, 15) is 13.2 Å². The Labute approximate surface area is 157 Å². The zero-order chi connectivity index (χ0) is 19.4. The largest absolute Gasteiger partial charge is 0.495 e. The minimum absolute atomic E-state index is 0.0525. The second kappa shape index (κ2) is 8.39. The Bertz CT molecular complexity index is 730. The number of carbonyl (C=O) groups excluding carboxylic acids is 1. The van der Waals surface area contributed by atoms with Gasteiger partial charge in [-0.05, 0) is 36.5 Å². The molecular weight excluding hydrogens is 352 g/mol. The highest BCUT2D eigenvalue weighted by molar-refractivity contribution is 7.89. The van der Waals surface area contributed by atoms with Gasteiger partial charge in [-0.25, -0.2) is 8.42 Å². The summed E-state index contributed by atoms with van der Waals surface area (Å²) in [6, 6.07) is 4.58. The van der Waals surface area contributed by atoms with Gasteiger partial charge in [0.05, 0.1) is 7.11 Å². The van der Waals surface area contributed by atoms with Crippen LogP contribution in [0.4, 0.5) is 0 Å². The zero-order valence-corrected chi connectivity index (χ0v) is 17.0. The lowest BCUT2D eigenvalue weighted by molar-refractivity contribution is 0.0939. The molecule has 1 aromatic rings. The molecule has 1 aliphatic rings. The van der Waals surface area contributed by atoms with Gasteiger partial charge in [-0.1, -0.05) is 33.6 Å². The molecule has 0 aliphatic carbocycles. The summed E-state index contributed by atoms with van der Waals surface area (Å²) in [5.74, 6) is -0.0171. The average molecular weight is 383 g/mol. The molecule has 0 atom stereocenters. The molecule has 146 valence electrons. The second-order valence-corrected chi connectivity index (χ2v) is 9.83. The van der Waals surface area contributed by atoms with E-state index in [1.807, 2.05) is 20.8 Å². The minimum atomic E-state index is -3.70. The Morgan fingerprint density at radius 1 is 1.15 bits per heavy atom. The van der Waals surface area contributed by atoms with Crippen LogP contribution >= 0.6 is 0 Å². The molecule has 0 radical (unpaired) electrons. The van der Waals surface area contributed by atoms with Gasteiger partial charge in [-0.15, -0.1) is 0 Å². The number of sulfonamides is 1. The summed E-state index contributed by atoms with van der Waals surface area (Å²) in [6.07, 6.45) is 3.79. The molecule has 1 aromatic carbocycles. The normalized spacial score (nSPS) is 16.8. The van der Waals surface area contributed by atoms with Crippen LogP contribution in [0.1, 0.15) is 56.8 Å². The molecule has 0 spiro atoms. The monoisotopic (exact) mass is 382 g/mol. The van der Waals surface area contributed by atoms with Crippen LogP contribution in [0.3, 0.4) is 0 Å². The summed E-state index contributed by atoms with van der Waals surface area (Å²) in [6.45, 7) is 7.59. The highest BCUT2D eigenvalue weighted by atomic mass is 32.2. The van der Waals surface area contributed by atoms with Crippen molar-refractivity contribution in [3.63, 3.8) is 0 Å². The van der Waals surface area contributed by atoms with Gasteiger partial charge in [0.25, 0.3) is 5.91 Å². The van der Waals surface area contributed by atoms with E-state index < -0.39 is 10.0 Å². The van der Waals surface area contributed by atoms with E-state index in [2.05, 4.69) is 5.32 Å². The first kappa shape index (κ1) is 20.7. The standard InChI is InChI=1S/C19H30N2O4S/c1-19(2,3)14-20-18(22)15-9-10-16(25-4)17(13-15)26(23,24)21-11-7-5-6-8-12-21/h9-10,13H,5-8,11-12,14H2,1-4H3,(H,20,22). The van der Waals surface area contributed by atoms with E-state index >= 15 is 0 Å². The Morgan fingerprint density at radius 3 is 2.31 bits per heavy atom. The maximum atomic E-state index is 13.1. The van der Waals surface area contributed by atoms with Crippen LogP contribution in [0, 0.1) is 5.41 Å². The van der Waals surface area contributed by atoms with Gasteiger partial charge in [0.2, 0.25) is 10.0 Å². The van der Waals surface area contributed by atoms with E-state index in [0.29, 0.717) is 25.2 Å². The predicted molar refractivity (Wildman–Crippen MR) is 102 cm³/mol. The first-order valence-electron chi connectivity index (χ1n) is 9.11. The second-order valence-electron chi connectivity index (χ2n) is 7.93. The minimum Gasteiger partial charge on any atom is -0.495 e. The molecule has 1 amide bonds. The van der Waals surface area contributed by atoms with Crippen LogP contribution in [0.25, 0.3) is 0 Å². The fraction of sp³-hybridized carbons (Fsp3) is 0.632. The number of amides is 1. The lowest BCUT2D eigenvalue weighted by Crippen LogP contribution is -2.33. The van der Waals surface area contributed by atoms with E-state index in [1.54, 1.807) is 12.1 Å². The van der Waals surface area contributed by atoms with Gasteiger partial charge in [0.15, 0.2) is 0 Å². The number of rotatable bonds is 5. The van der Waals surface area contributed by atoms with Crippen LogP contribution in [0.2, 0.25) is 0 Å². The molecule has 1 saturated heterocycles. The molecule has 26 heavy (non-hydrogen) atoms.